The average molecular weight is 289 g/mol. The maximum Gasteiger partial charge on any atom is 0.0945 e. The molecule has 0 saturated heterocycles. The van der Waals surface area contributed by atoms with E-state index in [2.05, 4.69) is 37.4 Å². The topological polar surface area (TPSA) is 41.5 Å². The van der Waals surface area contributed by atoms with Crippen LogP contribution >= 0.6 is 0 Å². The molecule has 1 aromatic carbocycles. The van der Waals surface area contributed by atoms with Crippen LogP contribution in [0.2, 0.25) is 0 Å². The number of aliphatic hydroxyl groups excluding tert-OH is 1. The van der Waals surface area contributed by atoms with Crippen molar-refractivity contribution in [3.05, 3.63) is 42.0 Å². The van der Waals surface area contributed by atoms with E-state index in [0.717, 1.165) is 25.1 Å². The van der Waals surface area contributed by atoms with Crippen molar-refractivity contribution >= 4 is 5.69 Å². The van der Waals surface area contributed by atoms with Gasteiger partial charge in [0.15, 0.2) is 0 Å². The van der Waals surface area contributed by atoms with Crippen molar-refractivity contribution in [2.24, 2.45) is 11.8 Å². The van der Waals surface area contributed by atoms with Crippen LogP contribution in [0.25, 0.3) is 0 Å². The third kappa shape index (κ3) is 5.18. The van der Waals surface area contributed by atoms with Crippen molar-refractivity contribution in [2.45, 2.75) is 32.8 Å². The van der Waals surface area contributed by atoms with E-state index >= 15 is 0 Å². The lowest BCUT2D eigenvalue weighted by atomic mass is 9.85. The minimum absolute atomic E-state index is 0.395. The van der Waals surface area contributed by atoms with Crippen molar-refractivity contribution in [2.75, 3.05) is 25.1 Å². The second kappa shape index (κ2) is 8.20. The lowest BCUT2D eigenvalue weighted by Gasteiger charge is -2.25. The molecule has 1 aliphatic carbocycles. The average Bonchev–Trinajstić information content (AvgIpc) is 2.48. The number of para-hydroxylation sites is 1. The largest absolute Gasteiger partial charge is 0.389 e. The highest BCUT2D eigenvalue weighted by Crippen LogP contribution is 2.25. The molecule has 0 bridgehead atoms. The summed E-state index contributed by atoms with van der Waals surface area (Å²) in [5, 5.41) is 13.3. The number of aliphatic hydroxyl groups is 1. The first-order valence-corrected chi connectivity index (χ1v) is 7.87. The Hall–Kier alpha value is -1.32. The minimum Gasteiger partial charge on any atom is -0.389 e. The number of anilines is 1. The van der Waals surface area contributed by atoms with E-state index in [-0.39, 0.29) is 0 Å². The fraction of sp³-hybridized carbons (Fsp3) is 0.556. The number of hydrogen-bond acceptors (Lipinski definition) is 3. The van der Waals surface area contributed by atoms with Gasteiger partial charge < -0.3 is 15.2 Å². The fourth-order valence-electron chi connectivity index (χ4n) is 2.65. The smallest absolute Gasteiger partial charge is 0.0945 e. The first-order valence-electron chi connectivity index (χ1n) is 7.87. The molecule has 3 heteroatoms. The lowest BCUT2D eigenvalue weighted by molar-refractivity contribution is 0.0175. The van der Waals surface area contributed by atoms with Gasteiger partial charge in [-0.15, -0.1) is 0 Å². The van der Waals surface area contributed by atoms with E-state index in [9.17, 15) is 5.11 Å². The van der Waals surface area contributed by atoms with Crippen LogP contribution in [0.1, 0.15) is 25.3 Å². The van der Waals surface area contributed by atoms with E-state index in [1.54, 1.807) is 0 Å². The molecule has 0 radical (unpaired) electrons. The first kappa shape index (κ1) is 16.1. The summed E-state index contributed by atoms with van der Waals surface area (Å²) in [5.74, 6) is 1.27. The summed E-state index contributed by atoms with van der Waals surface area (Å²) in [6.07, 6.45) is 6.26. The SMILES string of the molecule is Cc1ccccc1NCC(O)COCC1CC=CCC1C. The van der Waals surface area contributed by atoms with Crippen LogP contribution in [-0.4, -0.2) is 31.0 Å². The van der Waals surface area contributed by atoms with Gasteiger partial charge in [-0.25, -0.2) is 0 Å². The number of rotatable bonds is 7. The van der Waals surface area contributed by atoms with Crippen molar-refractivity contribution in [1.82, 2.24) is 0 Å². The second-order valence-corrected chi connectivity index (χ2v) is 6.07. The Labute approximate surface area is 128 Å². The molecule has 0 aromatic heterocycles. The Balaban J connectivity index is 1.65. The van der Waals surface area contributed by atoms with Gasteiger partial charge in [-0.1, -0.05) is 37.3 Å². The number of nitrogens with one attached hydrogen (secondary N) is 1. The van der Waals surface area contributed by atoms with E-state index in [4.69, 9.17) is 4.74 Å². The summed E-state index contributed by atoms with van der Waals surface area (Å²) in [4.78, 5) is 0. The molecule has 116 valence electrons. The Morgan fingerprint density at radius 1 is 1.29 bits per heavy atom. The van der Waals surface area contributed by atoms with Crippen LogP contribution in [0.15, 0.2) is 36.4 Å². The summed E-state index contributed by atoms with van der Waals surface area (Å²) < 4.78 is 5.70. The van der Waals surface area contributed by atoms with E-state index < -0.39 is 6.10 Å². The van der Waals surface area contributed by atoms with Gasteiger partial charge in [-0.05, 0) is 43.2 Å². The molecule has 1 aromatic rings. The minimum atomic E-state index is -0.473. The van der Waals surface area contributed by atoms with Crippen LogP contribution in [-0.2, 0) is 4.74 Å². The zero-order chi connectivity index (χ0) is 15.1. The van der Waals surface area contributed by atoms with Crippen molar-refractivity contribution < 1.29 is 9.84 Å². The van der Waals surface area contributed by atoms with Gasteiger partial charge in [0, 0.05) is 12.2 Å². The summed E-state index contributed by atoms with van der Waals surface area (Å²) in [6, 6.07) is 8.10. The van der Waals surface area contributed by atoms with Gasteiger partial charge in [-0.3, -0.25) is 0 Å². The molecule has 3 atom stereocenters. The van der Waals surface area contributed by atoms with Crippen LogP contribution < -0.4 is 5.32 Å². The molecular formula is C18H27NO2. The van der Waals surface area contributed by atoms with Gasteiger partial charge in [0.2, 0.25) is 0 Å². The predicted molar refractivity (Wildman–Crippen MR) is 87.5 cm³/mol. The number of allylic oxidation sites excluding steroid dienone is 2. The van der Waals surface area contributed by atoms with E-state index in [0.29, 0.717) is 25.0 Å². The standard InChI is InChI=1S/C18H27NO2/c1-14-7-3-5-9-16(14)12-21-13-17(20)11-19-18-10-6-4-8-15(18)2/h3-6,8,10,14,16-17,19-20H,7,9,11-13H2,1-2H3. The molecule has 2 N–H and O–H groups in total. The highest BCUT2D eigenvalue weighted by molar-refractivity contribution is 5.50. The van der Waals surface area contributed by atoms with Crippen LogP contribution in [0.5, 0.6) is 0 Å². The molecule has 0 spiro atoms. The summed E-state index contributed by atoms with van der Waals surface area (Å²) in [7, 11) is 0. The Morgan fingerprint density at radius 2 is 2.05 bits per heavy atom. The first-order chi connectivity index (χ1) is 10.2. The maximum absolute atomic E-state index is 10.00. The lowest BCUT2D eigenvalue weighted by Crippen LogP contribution is -2.27. The number of ether oxygens (including phenoxy) is 1. The molecule has 0 aliphatic heterocycles. The molecule has 0 saturated carbocycles. The van der Waals surface area contributed by atoms with Gasteiger partial charge in [0.1, 0.15) is 0 Å². The molecule has 0 fully saturated rings. The monoisotopic (exact) mass is 289 g/mol. The number of hydrogen-bond donors (Lipinski definition) is 2. The summed E-state index contributed by atoms with van der Waals surface area (Å²) in [6.45, 7) is 5.99. The van der Waals surface area contributed by atoms with Crippen molar-refractivity contribution in [3.63, 3.8) is 0 Å². The highest BCUT2D eigenvalue weighted by Gasteiger charge is 2.18. The molecule has 0 amide bonds. The van der Waals surface area contributed by atoms with Crippen LogP contribution in [0.4, 0.5) is 5.69 Å². The second-order valence-electron chi connectivity index (χ2n) is 6.07. The van der Waals surface area contributed by atoms with Gasteiger partial charge in [0.25, 0.3) is 0 Å². The Morgan fingerprint density at radius 3 is 2.81 bits per heavy atom. The third-order valence-corrected chi connectivity index (χ3v) is 4.23. The maximum atomic E-state index is 10.00. The molecule has 3 unspecified atom stereocenters. The fourth-order valence-corrected chi connectivity index (χ4v) is 2.65. The van der Waals surface area contributed by atoms with Crippen molar-refractivity contribution in [1.29, 1.82) is 0 Å². The third-order valence-electron chi connectivity index (χ3n) is 4.23. The zero-order valence-corrected chi connectivity index (χ0v) is 13.1. The molecule has 21 heavy (non-hydrogen) atoms. The van der Waals surface area contributed by atoms with Gasteiger partial charge in [0.05, 0.1) is 19.3 Å². The van der Waals surface area contributed by atoms with Crippen LogP contribution in [0, 0.1) is 18.8 Å². The molecule has 0 heterocycles. The molecule has 1 aliphatic rings. The molecule has 3 nitrogen and oxygen atoms in total. The van der Waals surface area contributed by atoms with Crippen LogP contribution in [0.3, 0.4) is 0 Å². The normalized spacial score (nSPS) is 23.0. The van der Waals surface area contributed by atoms with E-state index in [1.807, 2.05) is 18.2 Å². The Kier molecular flexibility index (Phi) is 6.27. The Bertz CT molecular complexity index is 458. The van der Waals surface area contributed by atoms with E-state index in [1.165, 1.54) is 5.56 Å². The molecule has 2 rings (SSSR count). The number of aryl methyl sites for hydroxylation is 1. The summed E-state index contributed by atoms with van der Waals surface area (Å²) >= 11 is 0. The predicted octanol–water partition coefficient (Wildman–Crippen LogP) is 3.39. The van der Waals surface area contributed by atoms with Gasteiger partial charge in [-0.2, -0.15) is 0 Å². The highest BCUT2D eigenvalue weighted by atomic mass is 16.5. The summed E-state index contributed by atoms with van der Waals surface area (Å²) in [5.41, 5.74) is 2.26. The molecular weight excluding hydrogens is 262 g/mol. The quantitative estimate of drug-likeness (QED) is 0.756. The van der Waals surface area contributed by atoms with Crippen molar-refractivity contribution in [3.8, 4) is 0 Å². The zero-order valence-electron chi connectivity index (χ0n) is 13.1. The van der Waals surface area contributed by atoms with Gasteiger partial charge >= 0.3 is 0 Å². The number of benzene rings is 1.